The lowest BCUT2D eigenvalue weighted by molar-refractivity contribution is -0.149. The first-order valence-corrected chi connectivity index (χ1v) is 9.31. The van der Waals surface area contributed by atoms with Crippen LogP contribution in [0.2, 0.25) is 0 Å². The van der Waals surface area contributed by atoms with Crippen LogP contribution in [-0.4, -0.2) is 62.6 Å². The van der Waals surface area contributed by atoms with Crippen molar-refractivity contribution in [1.29, 1.82) is 0 Å². The second-order valence-electron chi connectivity index (χ2n) is 7.87. The quantitative estimate of drug-likeness (QED) is 0.889. The number of fused-ring (bicyclic) bond motifs is 1. The number of aromatic nitrogens is 2. The van der Waals surface area contributed by atoms with Crippen LogP contribution in [0.5, 0.6) is 0 Å². The number of nitrogens with zero attached hydrogens (tertiary/aromatic N) is 4. The first-order valence-electron chi connectivity index (χ1n) is 9.31. The average Bonchev–Trinajstić information content (AvgIpc) is 3.30. The molecule has 0 unspecified atom stereocenters. The Kier molecular flexibility index (Phi) is 4.12. The van der Waals surface area contributed by atoms with Gasteiger partial charge in [0.15, 0.2) is 0 Å². The summed E-state index contributed by atoms with van der Waals surface area (Å²) in [5, 5.41) is 10.0. The maximum absolute atomic E-state index is 12.2. The van der Waals surface area contributed by atoms with Gasteiger partial charge in [-0.2, -0.15) is 0 Å². The van der Waals surface area contributed by atoms with E-state index in [1.807, 2.05) is 12.5 Å². The van der Waals surface area contributed by atoms with Crippen LogP contribution in [0.3, 0.4) is 0 Å². The van der Waals surface area contributed by atoms with Crippen molar-refractivity contribution in [2.75, 3.05) is 26.2 Å². The third kappa shape index (κ3) is 2.56. The summed E-state index contributed by atoms with van der Waals surface area (Å²) in [5.41, 5.74) is 0.616. The van der Waals surface area contributed by atoms with E-state index in [-0.39, 0.29) is 5.92 Å². The minimum atomic E-state index is -0.598. The highest BCUT2D eigenvalue weighted by molar-refractivity contribution is 5.77. The topological polar surface area (TPSA) is 61.6 Å². The van der Waals surface area contributed by atoms with E-state index >= 15 is 0 Å². The molecule has 1 saturated carbocycles. The van der Waals surface area contributed by atoms with Crippen LogP contribution in [0.1, 0.15) is 38.3 Å². The molecule has 1 aromatic heterocycles. The maximum Gasteiger partial charge on any atom is 0.312 e. The van der Waals surface area contributed by atoms with Gasteiger partial charge in [0.05, 0.1) is 17.4 Å². The van der Waals surface area contributed by atoms with E-state index in [2.05, 4.69) is 26.3 Å². The van der Waals surface area contributed by atoms with E-state index in [0.717, 1.165) is 32.7 Å². The predicted octanol–water partition coefficient (Wildman–Crippen LogP) is 1.66. The Morgan fingerprint density at radius 3 is 2.79 bits per heavy atom. The number of aryl methyl sites for hydroxylation is 1. The molecule has 6 heteroatoms. The molecule has 24 heavy (non-hydrogen) atoms. The summed E-state index contributed by atoms with van der Waals surface area (Å²) in [4.78, 5) is 21.2. The zero-order valence-electron chi connectivity index (χ0n) is 14.5. The van der Waals surface area contributed by atoms with Gasteiger partial charge in [-0.25, -0.2) is 4.98 Å². The van der Waals surface area contributed by atoms with Crippen molar-refractivity contribution in [3.05, 3.63) is 18.2 Å². The zero-order chi connectivity index (χ0) is 16.7. The normalized spacial score (nSPS) is 31.8. The number of imidazole rings is 1. The Labute approximate surface area is 143 Å². The van der Waals surface area contributed by atoms with Crippen LogP contribution in [0.25, 0.3) is 0 Å². The summed E-state index contributed by atoms with van der Waals surface area (Å²) in [6, 6.07) is 0.627. The molecule has 1 N–H and O–H groups in total. The largest absolute Gasteiger partial charge is 0.481 e. The van der Waals surface area contributed by atoms with Crippen molar-refractivity contribution in [1.82, 2.24) is 19.4 Å². The molecule has 2 aliphatic heterocycles. The van der Waals surface area contributed by atoms with Crippen molar-refractivity contribution in [2.24, 2.45) is 11.3 Å². The Bertz CT molecular complexity index is 610. The van der Waals surface area contributed by atoms with E-state index in [4.69, 9.17) is 0 Å². The molecule has 1 aromatic rings. The third-order valence-corrected chi connectivity index (χ3v) is 6.50. The van der Waals surface area contributed by atoms with Crippen molar-refractivity contribution < 1.29 is 9.90 Å². The molecule has 1 aliphatic carbocycles. The van der Waals surface area contributed by atoms with Gasteiger partial charge in [-0.05, 0) is 19.8 Å². The number of hydrogen-bond acceptors (Lipinski definition) is 4. The molecule has 2 saturated heterocycles. The van der Waals surface area contributed by atoms with Crippen LogP contribution in [0.15, 0.2) is 12.5 Å². The summed E-state index contributed by atoms with van der Waals surface area (Å²) < 4.78 is 2.15. The highest BCUT2D eigenvalue weighted by Gasteiger charge is 2.58. The fourth-order valence-electron chi connectivity index (χ4n) is 5.17. The van der Waals surface area contributed by atoms with Gasteiger partial charge in [0.25, 0.3) is 0 Å². The van der Waals surface area contributed by atoms with Crippen LogP contribution >= 0.6 is 0 Å². The smallest absolute Gasteiger partial charge is 0.312 e. The lowest BCUT2D eigenvalue weighted by Gasteiger charge is -2.28. The van der Waals surface area contributed by atoms with Gasteiger partial charge in [0.1, 0.15) is 0 Å². The van der Waals surface area contributed by atoms with Crippen molar-refractivity contribution in [2.45, 2.75) is 51.7 Å². The number of likely N-dealkylation sites (tertiary alicyclic amines) is 2. The molecular weight excluding hydrogens is 304 g/mol. The Hall–Kier alpha value is -1.40. The number of carboxylic acid groups (broad SMARTS) is 1. The standard InChI is InChI=1S/C18H28N4O2/c1-2-21-13-19-7-16(21)10-20-8-14-9-22(15-5-3-4-6-15)12-18(14,11-20)17(23)24/h7,13-15H,2-6,8-12H2,1H3,(H,23,24)/t14-,18-/m1/s1. The monoisotopic (exact) mass is 332 g/mol. The minimum Gasteiger partial charge on any atom is -0.481 e. The van der Waals surface area contributed by atoms with Gasteiger partial charge in [-0.15, -0.1) is 0 Å². The van der Waals surface area contributed by atoms with Gasteiger partial charge in [-0.3, -0.25) is 14.6 Å². The second-order valence-corrected chi connectivity index (χ2v) is 7.87. The lowest BCUT2D eigenvalue weighted by Crippen LogP contribution is -2.42. The third-order valence-electron chi connectivity index (χ3n) is 6.50. The van der Waals surface area contributed by atoms with E-state index < -0.39 is 11.4 Å². The Balaban J connectivity index is 1.48. The van der Waals surface area contributed by atoms with Crippen molar-refractivity contribution >= 4 is 5.97 Å². The number of aliphatic carboxylic acids is 1. The van der Waals surface area contributed by atoms with Gasteiger partial charge >= 0.3 is 5.97 Å². The summed E-state index contributed by atoms with van der Waals surface area (Å²) in [6.07, 6.45) is 8.89. The van der Waals surface area contributed by atoms with Crippen LogP contribution in [0, 0.1) is 11.3 Å². The van der Waals surface area contributed by atoms with E-state index in [1.165, 1.54) is 31.4 Å². The SMILES string of the molecule is CCn1cncc1CN1C[C@@H]2CN(C3CCCC3)C[C@]2(C(=O)O)C1. The van der Waals surface area contributed by atoms with Crippen LogP contribution < -0.4 is 0 Å². The molecule has 0 radical (unpaired) electrons. The van der Waals surface area contributed by atoms with E-state index in [0.29, 0.717) is 12.6 Å². The Morgan fingerprint density at radius 1 is 1.33 bits per heavy atom. The molecule has 0 spiro atoms. The first-order chi connectivity index (χ1) is 11.6. The molecule has 2 atom stereocenters. The van der Waals surface area contributed by atoms with Gasteiger partial charge in [0, 0.05) is 57.4 Å². The molecule has 4 rings (SSSR count). The first kappa shape index (κ1) is 16.1. The molecule has 3 heterocycles. The molecule has 0 bridgehead atoms. The number of carboxylic acids is 1. The van der Waals surface area contributed by atoms with Crippen LogP contribution in [0.4, 0.5) is 0 Å². The fraction of sp³-hybridized carbons (Fsp3) is 0.778. The molecule has 3 fully saturated rings. The number of carbonyl (C=O) groups is 1. The van der Waals surface area contributed by atoms with Crippen molar-refractivity contribution in [3.8, 4) is 0 Å². The Morgan fingerprint density at radius 2 is 2.12 bits per heavy atom. The van der Waals surface area contributed by atoms with Crippen LogP contribution in [-0.2, 0) is 17.9 Å². The minimum absolute atomic E-state index is 0.258. The molecular formula is C18H28N4O2. The summed E-state index contributed by atoms with van der Waals surface area (Å²) in [5.74, 6) is -0.340. The predicted molar refractivity (Wildman–Crippen MR) is 90.6 cm³/mol. The highest BCUT2D eigenvalue weighted by atomic mass is 16.4. The van der Waals surface area contributed by atoms with E-state index in [1.54, 1.807) is 0 Å². The fourth-order valence-corrected chi connectivity index (χ4v) is 5.17. The van der Waals surface area contributed by atoms with E-state index in [9.17, 15) is 9.90 Å². The van der Waals surface area contributed by atoms with Gasteiger partial charge in [0.2, 0.25) is 0 Å². The number of rotatable bonds is 5. The molecule has 0 amide bonds. The molecule has 6 nitrogen and oxygen atoms in total. The summed E-state index contributed by atoms with van der Waals surface area (Å²) in [6.45, 7) is 7.09. The molecule has 3 aliphatic rings. The van der Waals surface area contributed by atoms with Crippen molar-refractivity contribution in [3.63, 3.8) is 0 Å². The lowest BCUT2D eigenvalue weighted by atomic mass is 9.81. The molecule has 0 aromatic carbocycles. The number of hydrogen-bond donors (Lipinski definition) is 1. The zero-order valence-corrected chi connectivity index (χ0v) is 14.5. The molecule has 132 valence electrons. The summed E-state index contributed by atoms with van der Waals surface area (Å²) >= 11 is 0. The summed E-state index contributed by atoms with van der Waals surface area (Å²) in [7, 11) is 0. The maximum atomic E-state index is 12.2. The highest BCUT2D eigenvalue weighted by Crippen LogP contribution is 2.45. The van der Waals surface area contributed by atoms with Gasteiger partial charge < -0.3 is 9.67 Å². The van der Waals surface area contributed by atoms with Gasteiger partial charge in [-0.1, -0.05) is 12.8 Å². The average molecular weight is 332 g/mol. The second kappa shape index (κ2) is 6.15.